The summed E-state index contributed by atoms with van der Waals surface area (Å²) in [5.74, 6) is -4.70. The third kappa shape index (κ3) is 10.3. The van der Waals surface area contributed by atoms with E-state index in [2.05, 4.69) is 42.6 Å². The van der Waals surface area contributed by atoms with Crippen molar-refractivity contribution >= 4 is 17.8 Å². The fraction of sp³-hybridized carbons (Fsp3) is 0.640. The first kappa shape index (κ1) is 34.2. The number of benzene rings is 1. The molecule has 0 saturated carbocycles. The lowest BCUT2D eigenvalue weighted by atomic mass is 9.91. The highest BCUT2D eigenvalue weighted by atomic mass is 19.4. The van der Waals surface area contributed by atoms with Crippen molar-refractivity contribution < 1.29 is 50.9 Å². The highest BCUT2D eigenvalue weighted by molar-refractivity contribution is 5.95. The van der Waals surface area contributed by atoms with Gasteiger partial charge >= 0.3 is 24.3 Å². The van der Waals surface area contributed by atoms with E-state index in [1.807, 2.05) is 31.2 Å². The van der Waals surface area contributed by atoms with Gasteiger partial charge in [0.25, 0.3) is 5.91 Å². The van der Waals surface area contributed by atoms with Crippen LogP contribution in [0.1, 0.15) is 42.6 Å². The van der Waals surface area contributed by atoms with Crippen LogP contribution in [0.2, 0.25) is 0 Å². The van der Waals surface area contributed by atoms with Crippen molar-refractivity contribution in [3.05, 3.63) is 35.4 Å². The first-order valence-corrected chi connectivity index (χ1v) is 12.1. The number of carbonyl (C=O) groups is 3. The molecule has 2 heterocycles. The van der Waals surface area contributed by atoms with Gasteiger partial charge in [-0.1, -0.05) is 18.2 Å². The average Bonchev–Trinajstić information content (AvgIpc) is 3.15. The number of alkyl halides is 6. The zero-order valence-electron chi connectivity index (χ0n) is 22.4. The number of halogens is 6. The van der Waals surface area contributed by atoms with E-state index in [0.717, 1.165) is 37.2 Å². The van der Waals surface area contributed by atoms with Crippen LogP contribution >= 0.6 is 0 Å². The van der Waals surface area contributed by atoms with Crippen LogP contribution in [-0.4, -0.2) is 107 Å². The molecular formula is C25H35F6N3O5. The van der Waals surface area contributed by atoms with Crippen molar-refractivity contribution in [3.8, 4) is 0 Å². The van der Waals surface area contributed by atoms with Crippen molar-refractivity contribution in [2.45, 2.75) is 64.1 Å². The third-order valence-electron chi connectivity index (χ3n) is 6.39. The molecule has 39 heavy (non-hydrogen) atoms. The molecule has 2 fully saturated rings. The zero-order valence-corrected chi connectivity index (χ0v) is 22.4. The summed E-state index contributed by atoms with van der Waals surface area (Å²) in [5, 5.41) is 14.2. The van der Waals surface area contributed by atoms with Crippen molar-refractivity contribution in [3.63, 3.8) is 0 Å². The summed E-state index contributed by atoms with van der Waals surface area (Å²) in [7, 11) is 4.32. The van der Waals surface area contributed by atoms with Crippen molar-refractivity contribution in [2.24, 2.45) is 5.92 Å². The van der Waals surface area contributed by atoms with Gasteiger partial charge in [-0.05, 0) is 65.3 Å². The molecule has 14 heteroatoms. The van der Waals surface area contributed by atoms with E-state index in [0.29, 0.717) is 24.0 Å². The average molecular weight is 572 g/mol. The normalized spacial score (nSPS) is 21.5. The maximum absolute atomic E-state index is 13.0. The molecular weight excluding hydrogens is 536 g/mol. The predicted octanol–water partition coefficient (Wildman–Crippen LogP) is 4.14. The maximum atomic E-state index is 13.0. The second-order valence-corrected chi connectivity index (χ2v) is 9.98. The van der Waals surface area contributed by atoms with Crippen molar-refractivity contribution in [1.82, 2.24) is 14.7 Å². The van der Waals surface area contributed by atoms with Crippen LogP contribution in [0, 0.1) is 12.8 Å². The van der Waals surface area contributed by atoms with Crippen LogP contribution < -0.4 is 0 Å². The molecule has 2 aliphatic heterocycles. The van der Waals surface area contributed by atoms with Crippen LogP contribution in [0.4, 0.5) is 26.3 Å². The fourth-order valence-electron chi connectivity index (χ4n) is 4.95. The molecule has 1 amide bonds. The first-order chi connectivity index (χ1) is 17.8. The smallest absolute Gasteiger partial charge is 0.475 e. The van der Waals surface area contributed by atoms with E-state index < -0.39 is 24.3 Å². The standard InChI is InChI=1S/C21H33N3O.2C2HF3O2/c1-15(2)24-18(14-22(4)5)12-17-13-23(11-10-20(17)24)21(25)19-9-7-6-8-16(19)3;2*3-2(4,5)1(6)7/h6-9,15,17-18,20H,10-14H2,1-5H3;2*(H,6,7)/t17-,18+,20+;;/m1../s1. The zero-order chi connectivity index (χ0) is 30.3. The molecule has 0 aromatic heterocycles. The van der Waals surface area contributed by atoms with E-state index in [1.54, 1.807) is 0 Å². The minimum absolute atomic E-state index is 0.212. The Kier molecular flexibility index (Phi) is 12.2. The summed E-state index contributed by atoms with van der Waals surface area (Å²) >= 11 is 0. The minimum atomic E-state index is -5.08. The molecule has 2 aliphatic rings. The second kappa shape index (κ2) is 14.0. The molecule has 2 N–H and O–H groups in total. The number of fused-ring (bicyclic) bond motifs is 1. The largest absolute Gasteiger partial charge is 0.490 e. The number of likely N-dealkylation sites (tertiary alicyclic amines) is 2. The van der Waals surface area contributed by atoms with E-state index in [4.69, 9.17) is 19.8 Å². The molecule has 3 atom stereocenters. The lowest BCUT2D eigenvalue weighted by molar-refractivity contribution is -0.193. The van der Waals surface area contributed by atoms with Gasteiger partial charge in [0.15, 0.2) is 0 Å². The molecule has 222 valence electrons. The Morgan fingerprint density at radius 3 is 1.90 bits per heavy atom. The number of carboxylic acids is 2. The second-order valence-electron chi connectivity index (χ2n) is 9.98. The first-order valence-electron chi connectivity index (χ1n) is 12.1. The van der Waals surface area contributed by atoms with Gasteiger partial charge in [-0.3, -0.25) is 9.69 Å². The summed E-state index contributed by atoms with van der Waals surface area (Å²) in [6, 6.07) is 9.78. The quantitative estimate of drug-likeness (QED) is 0.524. The van der Waals surface area contributed by atoms with Gasteiger partial charge in [0.1, 0.15) is 0 Å². The Labute approximate surface area is 223 Å². The maximum Gasteiger partial charge on any atom is 0.490 e. The molecule has 8 nitrogen and oxygen atoms in total. The van der Waals surface area contributed by atoms with Crippen LogP contribution in [0.5, 0.6) is 0 Å². The highest BCUT2D eigenvalue weighted by Gasteiger charge is 2.45. The van der Waals surface area contributed by atoms with Crippen molar-refractivity contribution in [1.29, 1.82) is 0 Å². The van der Waals surface area contributed by atoms with Crippen LogP contribution in [0.25, 0.3) is 0 Å². The summed E-state index contributed by atoms with van der Waals surface area (Å²) in [5.41, 5.74) is 1.94. The lowest BCUT2D eigenvalue weighted by Gasteiger charge is -2.41. The van der Waals surface area contributed by atoms with Crippen molar-refractivity contribution in [2.75, 3.05) is 33.7 Å². The number of amides is 1. The number of aliphatic carboxylic acids is 2. The van der Waals surface area contributed by atoms with Gasteiger partial charge in [0.2, 0.25) is 0 Å². The van der Waals surface area contributed by atoms with Gasteiger partial charge in [-0.25, -0.2) is 9.59 Å². The SMILES string of the molecule is Cc1ccccc1C(=O)N1CC[C@H]2[C@H](C[C@@H](CN(C)C)N2C(C)C)C1.O=C(O)C(F)(F)F.O=C(O)C(F)(F)F. The minimum Gasteiger partial charge on any atom is -0.475 e. The number of rotatable bonds is 4. The van der Waals surface area contributed by atoms with Gasteiger partial charge in [0, 0.05) is 43.3 Å². The Balaban J connectivity index is 0.000000449. The van der Waals surface area contributed by atoms with E-state index in [-0.39, 0.29) is 5.91 Å². The number of likely N-dealkylation sites (N-methyl/N-ethyl adjacent to an activating group) is 1. The molecule has 1 aromatic carbocycles. The number of carboxylic acid groups (broad SMARTS) is 2. The lowest BCUT2D eigenvalue weighted by Crippen LogP contribution is -2.51. The Morgan fingerprint density at radius 1 is 1.00 bits per heavy atom. The summed E-state index contributed by atoms with van der Waals surface area (Å²) in [6.07, 6.45) is -7.86. The number of hydrogen-bond acceptors (Lipinski definition) is 5. The summed E-state index contributed by atoms with van der Waals surface area (Å²) in [6.45, 7) is 9.56. The van der Waals surface area contributed by atoms with Gasteiger partial charge < -0.3 is 20.0 Å². The topological polar surface area (TPSA) is 101 Å². The van der Waals surface area contributed by atoms with E-state index in [9.17, 15) is 31.1 Å². The molecule has 0 spiro atoms. The number of hydrogen-bond donors (Lipinski definition) is 2. The molecule has 3 rings (SSSR count). The van der Waals surface area contributed by atoms with Gasteiger partial charge in [0.05, 0.1) is 0 Å². The molecule has 0 bridgehead atoms. The Morgan fingerprint density at radius 2 is 1.49 bits per heavy atom. The molecule has 2 saturated heterocycles. The Bertz CT molecular complexity index is 960. The number of aryl methyl sites for hydroxylation is 1. The monoisotopic (exact) mass is 571 g/mol. The third-order valence-corrected chi connectivity index (χ3v) is 6.39. The Hall–Kier alpha value is -2.87. The number of piperidine rings is 1. The summed E-state index contributed by atoms with van der Waals surface area (Å²) in [4.78, 5) is 37.9. The molecule has 0 unspecified atom stereocenters. The van der Waals surface area contributed by atoms with E-state index >= 15 is 0 Å². The fourth-order valence-corrected chi connectivity index (χ4v) is 4.95. The molecule has 1 aromatic rings. The number of carbonyl (C=O) groups excluding carboxylic acids is 1. The molecule has 0 aliphatic carbocycles. The predicted molar refractivity (Wildman–Crippen MR) is 130 cm³/mol. The van der Waals surface area contributed by atoms with Gasteiger partial charge in [-0.15, -0.1) is 0 Å². The van der Waals surface area contributed by atoms with Crippen LogP contribution in [0.15, 0.2) is 24.3 Å². The van der Waals surface area contributed by atoms with Gasteiger partial charge in [-0.2, -0.15) is 26.3 Å². The van der Waals surface area contributed by atoms with E-state index in [1.165, 1.54) is 6.42 Å². The highest BCUT2D eigenvalue weighted by Crippen LogP contribution is 2.37. The van der Waals surface area contributed by atoms with Crippen LogP contribution in [-0.2, 0) is 9.59 Å². The molecule has 0 radical (unpaired) electrons. The van der Waals surface area contributed by atoms with Crippen LogP contribution in [0.3, 0.4) is 0 Å². The summed E-state index contributed by atoms with van der Waals surface area (Å²) < 4.78 is 63.5. The number of nitrogens with zero attached hydrogens (tertiary/aromatic N) is 3.